The molecule has 0 bridgehead atoms. The SMILES string of the molecule is Cc1cc(Cl)ccc1NS(=O)(=O)c1ccc(NC(=O)COc2ccccc2)cc1. The summed E-state index contributed by atoms with van der Waals surface area (Å²) in [6.07, 6.45) is 0. The fourth-order valence-corrected chi connectivity index (χ4v) is 3.88. The molecule has 6 nitrogen and oxygen atoms in total. The Morgan fingerprint density at radius 1 is 1.00 bits per heavy atom. The van der Waals surface area contributed by atoms with Crippen LogP contribution in [0.4, 0.5) is 11.4 Å². The number of hydrogen-bond acceptors (Lipinski definition) is 4. The van der Waals surface area contributed by atoms with E-state index >= 15 is 0 Å². The van der Waals surface area contributed by atoms with Gasteiger partial charge in [0.25, 0.3) is 15.9 Å². The van der Waals surface area contributed by atoms with Gasteiger partial charge >= 0.3 is 0 Å². The highest BCUT2D eigenvalue weighted by atomic mass is 35.5. The lowest BCUT2D eigenvalue weighted by molar-refractivity contribution is -0.118. The maximum Gasteiger partial charge on any atom is 0.262 e. The molecule has 150 valence electrons. The summed E-state index contributed by atoms with van der Waals surface area (Å²) in [6, 6.07) is 19.7. The number of halogens is 1. The number of sulfonamides is 1. The van der Waals surface area contributed by atoms with Crippen molar-refractivity contribution in [3.63, 3.8) is 0 Å². The van der Waals surface area contributed by atoms with E-state index in [1.54, 1.807) is 37.3 Å². The van der Waals surface area contributed by atoms with E-state index in [1.165, 1.54) is 24.3 Å². The summed E-state index contributed by atoms with van der Waals surface area (Å²) >= 11 is 5.90. The number of benzene rings is 3. The lowest BCUT2D eigenvalue weighted by Crippen LogP contribution is -2.20. The first-order chi connectivity index (χ1) is 13.8. The summed E-state index contributed by atoms with van der Waals surface area (Å²) in [7, 11) is -3.77. The summed E-state index contributed by atoms with van der Waals surface area (Å²) in [4.78, 5) is 12.1. The summed E-state index contributed by atoms with van der Waals surface area (Å²) in [6.45, 7) is 1.61. The quantitative estimate of drug-likeness (QED) is 0.579. The van der Waals surface area contributed by atoms with E-state index < -0.39 is 10.0 Å². The van der Waals surface area contributed by atoms with Crippen molar-refractivity contribution in [1.82, 2.24) is 0 Å². The van der Waals surface area contributed by atoms with Crippen LogP contribution in [0.5, 0.6) is 5.75 Å². The molecule has 3 aromatic rings. The summed E-state index contributed by atoms with van der Waals surface area (Å²) < 4.78 is 33.1. The van der Waals surface area contributed by atoms with E-state index in [-0.39, 0.29) is 17.4 Å². The number of anilines is 2. The van der Waals surface area contributed by atoms with Crippen LogP contribution in [0.1, 0.15) is 5.56 Å². The van der Waals surface area contributed by atoms with Gasteiger partial charge in [0.1, 0.15) is 5.75 Å². The molecule has 3 aromatic carbocycles. The first-order valence-corrected chi connectivity index (χ1v) is 10.6. The highest BCUT2D eigenvalue weighted by molar-refractivity contribution is 7.92. The van der Waals surface area contributed by atoms with Gasteiger partial charge < -0.3 is 10.1 Å². The fourth-order valence-electron chi connectivity index (χ4n) is 2.53. The maximum atomic E-state index is 12.6. The number of nitrogens with one attached hydrogen (secondary N) is 2. The molecule has 0 saturated carbocycles. The Labute approximate surface area is 174 Å². The van der Waals surface area contributed by atoms with Crippen LogP contribution in [0.15, 0.2) is 77.7 Å². The third-order valence-corrected chi connectivity index (χ3v) is 5.61. The van der Waals surface area contributed by atoms with E-state index in [0.29, 0.717) is 27.7 Å². The summed E-state index contributed by atoms with van der Waals surface area (Å²) in [5, 5.41) is 3.19. The van der Waals surface area contributed by atoms with Crippen molar-refractivity contribution in [3.8, 4) is 5.75 Å². The Morgan fingerprint density at radius 3 is 2.34 bits per heavy atom. The van der Waals surface area contributed by atoms with Crippen LogP contribution >= 0.6 is 11.6 Å². The molecule has 3 rings (SSSR count). The fraction of sp³-hybridized carbons (Fsp3) is 0.0952. The molecule has 0 aliphatic carbocycles. The molecule has 0 aliphatic rings. The minimum absolute atomic E-state index is 0.0744. The van der Waals surface area contributed by atoms with Gasteiger partial charge in [-0.1, -0.05) is 29.8 Å². The Kier molecular flexibility index (Phi) is 6.41. The molecular weight excluding hydrogens is 412 g/mol. The molecule has 29 heavy (non-hydrogen) atoms. The Balaban J connectivity index is 1.62. The largest absolute Gasteiger partial charge is 0.484 e. The lowest BCUT2D eigenvalue weighted by atomic mass is 10.2. The van der Waals surface area contributed by atoms with E-state index in [0.717, 1.165) is 0 Å². The van der Waals surface area contributed by atoms with Crippen LogP contribution in [-0.2, 0) is 14.8 Å². The molecule has 0 unspecified atom stereocenters. The molecule has 0 radical (unpaired) electrons. The van der Waals surface area contributed by atoms with Crippen LogP contribution in [0, 0.1) is 6.92 Å². The van der Waals surface area contributed by atoms with Crippen molar-refractivity contribution < 1.29 is 17.9 Å². The molecule has 0 spiro atoms. The van der Waals surface area contributed by atoms with Crippen molar-refractivity contribution >= 4 is 38.9 Å². The smallest absolute Gasteiger partial charge is 0.262 e. The Bertz CT molecular complexity index is 1100. The third-order valence-electron chi connectivity index (χ3n) is 3.99. The van der Waals surface area contributed by atoms with Crippen LogP contribution in [-0.4, -0.2) is 20.9 Å². The first-order valence-electron chi connectivity index (χ1n) is 8.70. The Hall–Kier alpha value is -3.03. The molecular formula is C21H19ClN2O4S. The standard InChI is InChI=1S/C21H19ClN2O4S/c1-15-13-16(22)7-12-20(15)24-29(26,27)19-10-8-17(9-11-19)23-21(25)14-28-18-5-3-2-4-6-18/h2-13,24H,14H2,1H3,(H,23,25). The molecule has 0 heterocycles. The third kappa shape index (κ3) is 5.73. The van der Waals surface area contributed by atoms with Gasteiger partial charge in [0, 0.05) is 10.7 Å². The van der Waals surface area contributed by atoms with Gasteiger partial charge in [-0.25, -0.2) is 8.42 Å². The first kappa shape index (κ1) is 20.7. The van der Waals surface area contributed by atoms with Crippen LogP contribution in [0.3, 0.4) is 0 Å². The van der Waals surface area contributed by atoms with E-state index in [2.05, 4.69) is 10.0 Å². The average molecular weight is 431 g/mol. The maximum absolute atomic E-state index is 12.6. The number of aryl methyl sites for hydroxylation is 1. The topological polar surface area (TPSA) is 84.5 Å². The molecule has 0 fully saturated rings. The van der Waals surface area contributed by atoms with Crippen molar-refractivity contribution in [2.75, 3.05) is 16.6 Å². The molecule has 0 atom stereocenters. The van der Waals surface area contributed by atoms with Gasteiger partial charge in [0.2, 0.25) is 0 Å². The zero-order valence-corrected chi connectivity index (χ0v) is 17.1. The molecule has 0 saturated heterocycles. The normalized spacial score (nSPS) is 11.0. The van der Waals surface area contributed by atoms with Crippen molar-refractivity contribution in [2.24, 2.45) is 0 Å². The molecule has 2 N–H and O–H groups in total. The van der Waals surface area contributed by atoms with E-state index in [1.807, 2.05) is 18.2 Å². The minimum Gasteiger partial charge on any atom is -0.484 e. The monoisotopic (exact) mass is 430 g/mol. The van der Waals surface area contributed by atoms with Crippen molar-refractivity contribution in [3.05, 3.63) is 83.4 Å². The molecule has 0 aromatic heterocycles. The summed E-state index contributed by atoms with van der Waals surface area (Å²) in [5.41, 5.74) is 1.63. The minimum atomic E-state index is -3.77. The second-order valence-corrected chi connectivity index (χ2v) is 8.36. The zero-order chi connectivity index (χ0) is 20.9. The van der Waals surface area contributed by atoms with Gasteiger partial charge in [-0.05, 0) is 67.1 Å². The van der Waals surface area contributed by atoms with Crippen LogP contribution in [0.25, 0.3) is 0 Å². The average Bonchev–Trinajstić information content (AvgIpc) is 2.70. The molecule has 1 amide bonds. The number of carbonyl (C=O) groups excluding carboxylic acids is 1. The number of hydrogen-bond donors (Lipinski definition) is 2. The number of ether oxygens (including phenoxy) is 1. The second kappa shape index (κ2) is 8.98. The van der Waals surface area contributed by atoms with Crippen LogP contribution in [0.2, 0.25) is 5.02 Å². The van der Waals surface area contributed by atoms with Gasteiger partial charge in [-0.2, -0.15) is 0 Å². The Morgan fingerprint density at radius 2 is 1.69 bits per heavy atom. The number of rotatable bonds is 7. The summed E-state index contributed by atoms with van der Waals surface area (Å²) in [5.74, 6) is 0.243. The number of amides is 1. The van der Waals surface area contributed by atoms with Crippen molar-refractivity contribution in [2.45, 2.75) is 11.8 Å². The number of para-hydroxylation sites is 1. The molecule has 8 heteroatoms. The lowest BCUT2D eigenvalue weighted by Gasteiger charge is -2.12. The van der Waals surface area contributed by atoms with Crippen LogP contribution < -0.4 is 14.8 Å². The van der Waals surface area contributed by atoms with Gasteiger partial charge in [-0.3, -0.25) is 9.52 Å². The molecule has 0 aliphatic heterocycles. The zero-order valence-electron chi connectivity index (χ0n) is 15.6. The predicted molar refractivity (Wildman–Crippen MR) is 114 cm³/mol. The predicted octanol–water partition coefficient (Wildman–Crippen LogP) is 4.47. The highest BCUT2D eigenvalue weighted by Crippen LogP contribution is 2.23. The van der Waals surface area contributed by atoms with Gasteiger partial charge in [0.05, 0.1) is 10.6 Å². The number of carbonyl (C=O) groups is 1. The second-order valence-electron chi connectivity index (χ2n) is 6.24. The van der Waals surface area contributed by atoms with Gasteiger partial charge in [-0.15, -0.1) is 0 Å². The van der Waals surface area contributed by atoms with E-state index in [9.17, 15) is 13.2 Å². The van der Waals surface area contributed by atoms with Gasteiger partial charge in [0.15, 0.2) is 6.61 Å². The van der Waals surface area contributed by atoms with E-state index in [4.69, 9.17) is 16.3 Å². The van der Waals surface area contributed by atoms with Crippen molar-refractivity contribution in [1.29, 1.82) is 0 Å². The highest BCUT2D eigenvalue weighted by Gasteiger charge is 2.15.